The SMILES string of the molecule is c1ccc(-c2ccc(-c3ccc(N(c4ccc(-n5c6ccccc6c6ccccc65)cc4)c4ccccc4-c4cccc5oc6c7ccccc7ccc6c45)cc3)cc2)cc1. The number of hydrogen-bond acceptors (Lipinski definition) is 2. The maximum absolute atomic E-state index is 6.68. The van der Waals surface area contributed by atoms with Gasteiger partial charge in [0.05, 0.1) is 16.7 Å². The van der Waals surface area contributed by atoms with Crippen LogP contribution in [0.3, 0.4) is 0 Å². The molecule has 0 saturated heterocycles. The lowest BCUT2D eigenvalue weighted by Crippen LogP contribution is -2.11. The molecule has 61 heavy (non-hydrogen) atoms. The first-order valence-corrected chi connectivity index (χ1v) is 20.8. The summed E-state index contributed by atoms with van der Waals surface area (Å²) in [5.41, 5.74) is 15.5. The van der Waals surface area contributed by atoms with E-state index in [-0.39, 0.29) is 0 Å². The van der Waals surface area contributed by atoms with Gasteiger partial charge >= 0.3 is 0 Å². The molecule has 2 heterocycles. The average molecular weight is 779 g/mol. The highest BCUT2D eigenvalue weighted by atomic mass is 16.3. The highest BCUT2D eigenvalue weighted by Gasteiger charge is 2.22. The fourth-order valence-corrected chi connectivity index (χ4v) is 9.34. The van der Waals surface area contributed by atoms with Gasteiger partial charge in [-0.2, -0.15) is 0 Å². The predicted octanol–water partition coefficient (Wildman–Crippen LogP) is 16.3. The van der Waals surface area contributed by atoms with E-state index in [1.807, 2.05) is 0 Å². The summed E-state index contributed by atoms with van der Waals surface area (Å²) in [5, 5.41) is 7.02. The second-order valence-electron chi connectivity index (χ2n) is 15.7. The molecular weight excluding hydrogens is 741 g/mol. The van der Waals surface area contributed by atoms with Gasteiger partial charge in [0.1, 0.15) is 11.2 Å². The summed E-state index contributed by atoms with van der Waals surface area (Å²) < 4.78 is 9.05. The number of rotatable bonds is 7. The Bertz CT molecular complexity index is 3510. The first kappa shape index (κ1) is 34.9. The molecule has 0 fully saturated rings. The molecule has 0 unspecified atom stereocenters. The number of fused-ring (bicyclic) bond motifs is 8. The van der Waals surface area contributed by atoms with Crippen LogP contribution in [0.1, 0.15) is 0 Å². The third-order valence-corrected chi connectivity index (χ3v) is 12.2. The van der Waals surface area contributed by atoms with Crippen LogP contribution in [0.4, 0.5) is 17.1 Å². The van der Waals surface area contributed by atoms with Gasteiger partial charge in [-0.15, -0.1) is 0 Å². The summed E-state index contributed by atoms with van der Waals surface area (Å²) in [5.74, 6) is 0. The van der Waals surface area contributed by atoms with Crippen molar-refractivity contribution in [1.29, 1.82) is 0 Å². The van der Waals surface area contributed by atoms with E-state index in [0.717, 1.165) is 61.2 Å². The normalized spacial score (nSPS) is 11.6. The Hall–Kier alpha value is -8.14. The van der Waals surface area contributed by atoms with Crippen LogP contribution in [0.25, 0.3) is 93.6 Å². The number of aromatic nitrogens is 1. The summed E-state index contributed by atoms with van der Waals surface area (Å²) in [6, 6.07) is 82.8. The number of nitrogens with zero attached hydrogens (tertiary/aromatic N) is 2. The van der Waals surface area contributed by atoms with Crippen LogP contribution in [0.15, 0.2) is 235 Å². The van der Waals surface area contributed by atoms with E-state index in [1.54, 1.807) is 0 Å². The van der Waals surface area contributed by atoms with Crippen molar-refractivity contribution in [2.24, 2.45) is 0 Å². The van der Waals surface area contributed by atoms with Gasteiger partial charge in [0, 0.05) is 49.6 Å². The molecule has 0 saturated carbocycles. The van der Waals surface area contributed by atoms with E-state index in [2.05, 4.69) is 240 Å². The molecule has 3 heteroatoms. The molecule has 0 bridgehead atoms. The molecule has 0 amide bonds. The van der Waals surface area contributed by atoms with E-state index in [1.165, 1.54) is 49.4 Å². The molecule has 0 N–H and O–H groups in total. The number of benzene rings is 10. The van der Waals surface area contributed by atoms with Crippen molar-refractivity contribution in [3.63, 3.8) is 0 Å². The average Bonchev–Trinajstić information content (AvgIpc) is 3.89. The number of hydrogen-bond donors (Lipinski definition) is 0. The molecule has 12 aromatic rings. The van der Waals surface area contributed by atoms with Crippen LogP contribution in [0, 0.1) is 0 Å². The predicted molar refractivity (Wildman–Crippen MR) is 257 cm³/mol. The van der Waals surface area contributed by atoms with Crippen molar-refractivity contribution in [3.05, 3.63) is 231 Å². The maximum atomic E-state index is 6.68. The van der Waals surface area contributed by atoms with Gasteiger partial charge in [-0.1, -0.05) is 164 Å². The molecule has 12 rings (SSSR count). The van der Waals surface area contributed by atoms with Crippen LogP contribution in [0.2, 0.25) is 0 Å². The molecule has 10 aromatic carbocycles. The van der Waals surface area contributed by atoms with Crippen LogP contribution in [-0.4, -0.2) is 4.57 Å². The zero-order valence-corrected chi connectivity index (χ0v) is 33.2. The first-order chi connectivity index (χ1) is 30.3. The zero-order chi connectivity index (χ0) is 40.3. The smallest absolute Gasteiger partial charge is 0.143 e. The van der Waals surface area contributed by atoms with Gasteiger partial charge < -0.3 is 13.9 Å². The minimum atomic E-state index is 0.878. The second kappa shape index (κ2) is 14.3. The van der Waals surface area contributed by atoms with E-state index >= 15 is 0 Å². The summed E-state index contributed by atoms with van der Waals surface area (Å²) in [7, 11) is 0. The summed E-state index contributed by atoms with van der Waals surface area (Å²) in [4.78, 5) is 2.39. The lowest BCUT2D eigenvalue weighted by Gasteiger charge is -2.28. The number of furan rings is 1. The number of para-hydroxylation sites is 3. The van der Waals surface area contributed by atoms with E-state index in [0.29, 0.717) is 0 Å². The molecule has 0 aliphatic heterocycles. The van der Waals surface area contributed by atoms with Gasteiger partial charge in [0.15, 0.2) is 0 Å². The molecule has 0 aliphatic carbocycles. The quantitative estimate of drug-likeness (QED) is 0.161. The number of anilines is 3. The lowest BCUT2D eigenvalue weighted by atomic mass is 9.96. The molecule has 0 radical (unpaired) electrons. The summed E-state index contributed by atoms with van der Waals surface area (Å²) in [6.45, 7) is 0. The van der Waals surface area contributed by atoms with Gasteiger partial charge in [0.2, 0.25) is 0 Å². The van der Waals surface area contributed by atoms with Crippen molar-refractivity contribution in [3.8, 4) is 39.1 Å². The fourth-order valence-electron chi connectivity index (χ4n) is 9.34. The van der Waals surface area contributed by atoms with Gasteiger partial charge in [0.25, 0.3) is 0 Å². The highest BCUT2D eigenvalue weighted by molar-refractivity contribution is 6.20. The minimum Gasteiger partial charge on any atom is -0.455 e. The van der Waals surface area contributed by atoms with Crippen molar-refractivity contribution in [2.45, 2.75) is 0 Å². The first-order valence-electron chi connectivity index (χ1n) is 20.8. The van der Waals surface area contributed by atoms with Crippen molar-refractivity contribution < 1.29 is 4.42 Å². The van der Waals surface area contributed by atoms with Crippen molar-refractivity contribution in [2.75, 3.05) is 4.90 Å². The van der Waals surface area contributed by atoms with Gasteiger partial charge in [-0.25, -0.2) is 0 Å². The minimum absolute atomic E-state index is 0.878. The molecular formula is C58H38N2O. The van der Waals surface area contributed by atoms with Gasteiger partial charge in [-0.3, -0.25) is 0 Å². The third-order valence-electron chi connectivity index (χ3n) is 12.2. The zero-order valence-electron chi connectivity index (χ0n) is 33.2. The summed E-state index contributed by atoms with van der Waals surface area (Å²) >= 11 is 0. The Labute approximate surface area is 353 Å². The monoisotopic (exact) mass is 778 g/mol. The molecule has 3 nitrogen and oxygen atoms in total. The van der Waals surface area contributed by atoms with Crippen molar-refractivity contribution in [1.82, 2.24) is 4.57 Å². The third kappa shape index (κ3) is 5.82. The Morgan fingerprint density at radius 3 is 1.56 bits per heavy atom. The van der Waals surface area contributed by atoms with Crippen LogP contribution in [0.5, 0.6) is 0 Å². The van der Waals surface area contributed by atoms with Crippen LogP contribution >= 0.6 is 0 Å². The van der Waals surface area contributed by atoms with E-state index < -0.39 is 0 Å². The maximum Gasteiger partial charge on any atom is 0.143 e. The Balaban J connectivity index is 1.01. The standard InChI is InChI=1S/C58H38N2O/c1-2-13-39(14-3-1)40-25-27-41(28-26-40)42-29-32-44(33-30-42)59(45-34-36-46(37-35-45)60-54-22-10-6-17-48(54)49-18-7-11-23-55(49)60)53-21-9-8-19-50(53)51-20-12-24-56-57(51)52-38-31-43-15-4-5-16-47(43)58(52)61-56/h1-38H. The lowest BCUT2D eigenvalue weighted by molar-refractivity contribution is 0.673. The molecule has 0 atom stereocenters. The van der Waals surface area contributed by atoms with Gasteiger partial charge in [-0.05, 0) is 99.9 Å². The molecule has 0 aliphatic rings. The van der Waals surface area contributed by atoms with E-state index in [4.69, 9.17) is 4.42 Å². The topological polar surface area (TPSA) is 21.3 Å². The molecule has 2 aromatic heterocycles. The second-order valence-corrected chi connectivity index (χ2v) is 15.7. The summed E-state index contributed by atoms with van der Waals surface area (Å²) in [6.07, 6.45) is 0. The largest absolute Gasteiger partial charge is 0.455 e. The van der Waals surface area contributed by atoms with Crippen LogP contribution < -0.4 is 4.90 Å². The fraction of sp³-hybridized carbons (Fsp3) is 0. The highest BCUT2D eigenvalue weighted by Crippen LogP contribution is 2.46. The van der Waals surface area contributed by atoms with Crippen LogP contribution in [-0.2, 0) is 0 Å². The Morgan fingerprint density at radius 2 is 0.869 bits per heavy atom. The Kier molecular flexibility index (Phi) is 8.17. The Morgan fingerprint density at radius 1 is 0.344 bits per heavy atom. The molecule has 0 spiro atoms. The van der Waals surface area contributed by atoms with E-state index in [9.17, 15) is 0 Å². The van der Waals surface area contributed by atoms with Crippen molar-refractivity contribution >= 4 is 71.6 Å². The molecule has 286 valence electrons.